The molecule has 6 nitrogen and oxygen atoms in total. The van der Waals surface area contributed by atoms with Gasteiger partial charge in [0.2, 0.25) is 11.7 Å². The van der Waals surface area contributed by atoms with E-state index in [9.17, 15) is 9.59 Å². The molecule has 2 heterocycles. The number of methoxy groups -OCH3 is 2. The summed E-state index contributed by atoms with van der Waals surface area (Å²) in [6.45, 7) is 7.60. The highest BCUT2D eigenvalue weighted by Gasteiger charge is 2.45. The molecular formula is C28H33NO5. The van der Waals surface area contributed by atoms with Gasteiger partial charge in [-0.25, -0.2) is 0 Å². The van der Waals surface area contributed by atoms with Gasteiger partial charge < -0.3 is 19.1 Å². The number of hydrogen-bond acceptors (Lipinski definition) is 5. The van der Waals surface area contributed by atoms with Gasteiger partial charge in [-0.2, -0.15) is 0 Å². The molecule has 0 saturated carbocycles. The number of ketones is 1. The molecule has 0 bridgehead atoms. The minimum absolute atomic E-state index is 0.0283. The van der Waals surface area contributed by atoms with Gasteiger partial charge in [-0.05, 0) is 34.8 Å². The van der Waals surface area contributed by atoms with E-state index in [1.54, 1.807) is 25.3 Å². The lowest BCUT2D eigenvalue weighted by molar-refractivity contribution is -0.129. The van der Waals surface area contributed by atoms with E-state index in [1.807, 2.05) is 23.1 Å². The van der Waals surface area contributed by atoms with Crippen molar-refractivity contribution < 1.29 is 23.8 Å². The molecule has 2 aliphatic rings. The lowest BCUT2D eigenvalue weighted by atomic mass is 9.82. The topological polar surface area (TPSA) is 65.1 Å². The van der Waals surface area contributed by atoms with Gasteiger partial charge in [-0.3, -0.25) is 9.59 Å². The molecule has 2 aromatic rings. The molecule has 1 amide bonds. The predicted octanol–water partition coefficient (Wildman–Crippen LogP) is 5.04. The van der Waals surface area contributed by atoms with Crippen molar-refractivity contribution in [1.82, 2.24) is 4.90 Å². The Bertz CT molecular complexity index is 1100. The van der Waals surface area contributed by atoms with Gasteiger partial charge in [0, 0.05) is 32.0 Å². The number of benzene rings is 2. The number of Topliss-reactive ketones (excluding diaryl/α,β-unsaturated/α-hetero) is 1. The summed E-state index contributed by atoms with van der Waals surface area (Å²) in [5.74, 6) is 1.40. The Kier molecular flexibility index (Phi) is 6.43. The summed E-state index contributed by atoms with van der Waals surface area (Å²) >= 11 is 0. The first-order valence-electron chi connectivity index (χ1n) is 11.7. The van der Waals surface area contributed by atoms with Crippen molar-refractivity contribution in [1.29, 1.82) is 0 Å². The van der Waals surface area contributed by atoms with Crippen LogP contribution < -0.4 is 14.2 Å². The number of fused-ring (bicyclic) bond motifs is 1. The fraction of sp³-hybridized carbons (Fsp3) is 0.429. The summed E-state index contributed by atoms with van der Waals surface area (Å²) in [7, 11) is 3.10. The van der Waals surface area contributed by atoms with Gasteiger partial charge in [0.15, 0.2) is 17.3 Å². The molecule has 180 valence electrons. The Labute approximate surface area is 201 Å². The quantitative estimate of drug-likeness (QED) is 0.595. The summed E-state index contributed by atoms with van der Waals surface area (Å²) < 4.78 is 17.3. The molecule has 0 unspecified atom stereocenters. The third-order valence-electron chi connectivity index (χ3n) is 6.78. The van der Waals surface area contributed by atoms with Crippen molar-refractivity contribution in [2.45, 2.75) is 51.0 Å². The van der Waals surface area contributed by atoms with E-state index in [4.69, 9.17) is 14.2 Å². The summed E-state index contributed by atoms with van der Waals surface area (Å²) in [6, 6.07) is 11.7. The Morgan fingerprint density at radius 2 is 1.71 bits per heavy atom. The van der Waals surface area contributed by atoms with Crippen molar-refractivity contribution in [3.05, 3.63) is 59.2 Å². The summed E-state index contributed by atoms with van der Waals surface area (Å²) in [5.41, 5.74) is 2.23. The molecule has 0 radical (unpaired) electrons. The molecule has 1 saturated heterocycles. The van der Waals surface area contributed by atoms with Crippen LogP contribution in [0.4, 0.5) is 0 Å². The van der Waals surface area contributed by atoms with Gasteiger partial charge in [-0.1, -0.05) is 45.0 Å². The minimum Gasteiger partial charge on any atom is -0.493 e. The van der Waals surface area contributed by atoms with E-state index in [2.05, 4.69) is 32.9 Å². The van der Waals surface area contributed by atoms with Crippen LogP contribution in [0.2, 0.25) is 0 Å². The number of nitrogens with zero attached hydrogens (tertiary/aromatic N) is 1. The average Bonchev–Trinajstić information content (AvgIpc) is 2.82. The van der Waals surface area contributed by atoms with Crippen LogP contribution in [0, 0.1) is 0 Å². The van der Waals surface area contributed by atoms with Crippen molar-refractivity contribution >= 4 is 17.8 Å². The molecule has 2 aromatic carbocycles. The standard InChI is InChI=1S/C28H33NO5/c1-27(2,3)20-9-6-19(7-10-20)8-13-24(31)29-16-14-28(15-17-29)18-22(30)21-11-12-23(32-4)26(33-5)25(21)34-28/h6-13H,14-18H2,1-5H3/b13-8+. The molecule has 0 aromatic heterocycles. The molecule has 0 atom stereocenters. The fourth-order valence-corrected chi connectivity index (χ4v) is 4.64. The van der Waals surface area contributed by atoms with Crippen LogP contribution >= 0.6 is 0 Å². The minimum atomic E-state index is -0.632. The van der Waals surface area contributed by atoms with Crippen LogP contribution in [0.1, 0.15) is 61.5 Å². The zero-order chi connectivity index (χ0) is 24.5. The average molecular weight is 464 g/mol. The van der Waals surface area contributed by atoms with Crippen molar-refractivity contribution in [3.63, 3.8) is 0 Å². The van der Waals surface area contributed by atoms with Crippen LogP contribution in [-0.4, -0.2) is 49.5 Å². The van der Waals surface area contributed by atoms with Gasteiger partial charge in [0.05, 0.1) is 26.2 Å². The van der Waals surface area contributed by atoms with Gasteiger partial charge in [0.1, 0.15) is 5.60 Å². The highest BCUT2D eigenvalue weighted by Crippen LogP contribution is 2.47. The van der Waals surface area contributed by atoms with E-state index in [-0.39, 0.29) is 17.1 Å². The maximum absolute atomic E-state index is 12.9. The van der Waals surface area contributed by atoms with Crippen molar-refractivity contribution in [2.75, 3.05) is 27.3 Å². The molecular weight excluding hydrogens is 430 g/mol. The maximum atomic E-state index is 12.9. The number of likely N-dealkylation sites (tertiary alicyclic amines) is 1. The molecule has 34 heavy (non-hydrogen) atoms. The molecule has 4 rings (SSSR count). The van der Waals surface area contributed by atoms with Crippen LogP contribution in [0.3, 0.4) is 0 Å². The second-order valence-corrected chi connectivity index (χ2v) is 10.1. The summed E-state index contributed by atoms with van der Waals surface area (Å²) in [6.07, 6.45) is 4.94. The monoisotopic (exact) mass is 463 g/mol. The number of ether oxygens (including phenoxy) is 3. The Balaban J connectivity index is 1.43. The lowest BCUT2D eigenvalue weighted by Gasteiger charge is -2.44. The SMILES string of the molecule is COc1ccc2c(c1OC)OC1(CCN(C(=O)/C=C/c3ccc(C(C)(C)C)cc3)CC1)CC2=O. The van der Waals surface area contributed by atoms with Crippen LogP contribution in [0.15, 0.2) is 42.5 Å². The normalized spacial score (nSPS) is 17.4. The van der Waals surface area contributed by atoms with E-state index < -0.39 is 5.60 Å². The number of amides is 1. The zero-order valence-corrected chi connectivity index (χ0v) is 20.6. The van der Waals surface area contributed by atoms with E-state index >= 15 is 0 Å². The Morgan fingerprint density at radius 1 is 1.03 bits per heavy atom. The number of rotatable bonds is 4. The fourth-order valence-electron chi connectivity index (χ4n) is 4.64. The molecule has 0 aliphatic carbocycles. The zero-order valence-electron chi connectivity index (χ0n) is 20.6. The molecule has 6 heteroatoms. The van der Waals surface area contributed by atoms with Gasteiger partial charge >= 0.3 is 0 Å². The van der Waals surface area contributed by atoms with E-state index in [0.717, 1.165) is 5.56 Å². The summed E-state index contributed by atoms with van der Waals surface area (Å²) in [4.78, 5) is 27.5. The van der Waals surface area contributed by atoms with Gasteiger partial charge in [-0.15, -0.1) is 0 Å². The molecule has 1 spiro atoms. The Morgan fingerprint density at radius 3 is 2.29 bits per heavy atom. The van der Waals surface area contributed by atoms with Gasteiger partial charge in [0.25, 0.3) is 0 Å². The first-order valence-corrected chi connectivity index (χ1v) is 11.7. The third kappa shape index (κ3) is 4.67. The second kappa shape index (κ2) is 9.16. The smallest absolute Gasteiger partial charge is 0.246 e. The predicted molar refractivity (Wildman–Crippen MR) is 132 cm³/mol. The second-order valence-electron chi connectivity index (χ2n) is 10.1. The summed E-state index contributed by atoms with van der Waals surface area (Å²) in [5, 5.41) is 0. The van der Waals surface area contributed by atoms with Crippen molar-refractivity contribution in [3.8, 4) is 17.2 Å². The van der Waals surface area contributed by atoms with E-state index in [1.165, 1.54) is 12.7 Å². The van der Waals surface area contributed by atoms with Crippen LogP contribution in [-0.2, 0) is 10.2 Å². The highest BCUT2D eigenvalue weighted by molar-refractivity contribution is 6.01. The maximum Gasteiger partial charge on any atom is 0.246 e. The number of piperidine rings is 1. The lowest BCUT2D eigenvalue weighted by Crippen LogP contribution is -2.52. The van der Waals surface area contributed by atoms with Crippen LogP contribution in [0.5, 0.6) is 17.2 Å². The number of carbonyl (C=O) groups excluding carboxylic acids is 2. The van der Waals surface area contributed by atoms with E-state index in [0.29, 0.717) is 55.2 Å². The molecule has 2 aliphatic heterocycles. The molecule has 1 fully saturated rings. The third-order valence-corrected chi connectivity index (χ3v) is 6.78. The molecule has 0 N–H and O–H groups in total. The first-order chi connectivity index (χ1) is 16.2. The van der Waals surface area contributed by atoms with Crippen LogP contribution in [0.25, 0.3) is 6.08 Å². The largest absolute Gasteiger partial charge is 0.493 e. The Hall–Kier alpha value is -3.28. The first kappa shape index (κ1) is 23.9. The number of carbonyl (C=O) groups is 2. The number of hydrogen-bond donors (Lipinski definition) is 0. The van der Waals surface area contributed by atoms with Crippen molar-refractivity contribution in [2.24, 2.45) is 0 Å². The highest BCUT2D eigenvalue weighted by atomic mass is 16.5.